The van der Waals surface area contributed by atoms with Gasteiger partial charge in [-0.05, 0) is 34.5 Å². The number of hydrogen-bond acceptors (Lipinski definition) is 6. The molecule has 1 amide bonds. The topological polar surface area (TPSA) is 93.5 Å². The minimum absolute atomic E-state index is 0.0551. The minimum atomic E-state index is -3.91. The zero-order chi connectivity index (χ0) is 19.3. The Kier molecular flexibility index (Phi) is 6.23. The average molecular weight is 405 g/mol. The number of carbonyl (C=O) groups is 1. The summed E-state index contributed by atoms with van der Waals surface area (Å²) in [5.41, 5.74) is 1.32. The molecule has 2 aromatic rings. The first kappa shape index (κ1) is 19.5. The van der Waals surface area contributed by atoms with Crippen molar-refractivity contribution >= 4 is 27.3 Å². The van der Waals surface area contributed by atoms with Crippen molar-refractivity contribution < 1.29 is 13.2 Å². The molecule has 9 heteroatoms. The molecular weight excluding hydrogens is 384 g/mol. The van der Waals surface area contributed by atoms with Gasteiger partial charge >= 0.3 is 0 Å². The predicted molar refractivity (Wildman–Crippen MR) is 103 cm³/mol. The lowest BCUT2D eigenvalue weighted by atomic mass is 10.2. The highest BCUT2D eigenvalue weighted by molar-refractivity contribution is 7.89. The van der Waals surface area contributed by atoms with E-state index in [1.165, 1.54) is 17.7 Å². The van der Waals surface area contributed by atoms with Crippen LogP contribution in [0.25, 0.3) is 0 Å². The highest BCUT2D eigenvalue weighted by atomic mass is 32.2. The summed E-state index contributed by atoms with van der Waals surface area (Å²) in [5, 5.41) is 13.2. The van der Waals surface area contributed by atoms with Crippen LogP contribution in [0.4, 0.5) is 0 Å². The molecule has 1 aromatic carbocycles. The van der Waals surface area contributed by atoms with Crippen molar-refractivity contribution in [2.45, 2.75) is 11.4 Å². The summed E-state index contributed by atoms with van der Waals surface area (Å²) in [4.78, 5) is 16.2. The molecule has 1 fully saturated rings. The van der Waals surface area contributed by atoms with Crippen molar-refractivity contribution in [3.8, 4) is 6.07 Å². The summed E-state index contributed by atoms with van der Waals surface area (Å²) >= 11 is 1.67. The first-order valence-electron chi connectivity index (χ1n) is 8.49. The van der Waals surface area contributed by atoms with Crippen molar-refractivity contribution in [3.05, 3.63) is 52.2 Å². The summed E-state index contributed by atoms with van der Waals surface area (Å²) in [6.45, 7) is 3.20. The lowest BCUT2D eigenvalue weighted by molar-refractivity contribution is -0.131. The summed E-state index contributed by atoms with van der Waals surface area (Å²) in [5.74, 6) is -0.261. The Labute approximate surface area is 162 Å². The van der Waals surface area contributed by atoms with Gasteiger partial charge in [0.2, 0.25) is 15.9 Å². The van der Waals surface area contributed by atoms with Gasteiger partial charge < -0.3 is 4.90 Å². The van der Waals surface area contributed by atoms with Gasteiger partial charge in [0.05, 0.1) is 17.0 Å². The molecule has 0 atom stereocenters. The van der Waals surface area contributed by atoms with Crippen molar-refractivity contribution in [1.82, 2.24) is 14.5 Å². The van der Waals surface area contributed by atoms with Gasteiger partial charge in [0, 0.05) is 32.7 Å². The monoisotopic (exact) mass is 404 g/mol. The van der Waals surface area contributed by atoms with Gasteiger partial charge in [0.15, 0.2) is 0 Å². The molecule has 142 valence electrons. The Hall–Kier alpha value is -2.25. The summed E-state index contributed by atoms with van der Waals surface area (Å²) < 4.78 is 27.1. The van der Waals surface area contributed by atoms with Crippen LogP contribution in [-0.2, 0) is 21.4 Å². The SMILES string of the molecule is N#Cc1ccccc1S(=O)(=O)NCC(=O)N1CCN(Cc2ccsc2)CC1. The highest BCUT2D eigenvalue weighted by Crippen LogP contribution is 2.14. The van der Waals surface area contributed by atoms with Gasteiger partial charge in [0.1, 0.15) is 6.07 Å². The summed E-state index contributed by atoms with van der Waals surface area (Å²) in [6, 6.07) is 9.88. The Morgan fingerprint density at radius 1 is 1.19 bits per heavy atom. The van der Waals surface area contributed by atoms with Crippen LogP contribution in [0, 0.1) is 11.3 Å². The van der Waals surface area contributed by atoms with Crippen molar-refractivity contribution in [3.63, 3.8) is 0 Å². The Balaban J connectivity index is 1.52. The van der Waals surface area contributed by atoms with Gasteiger partial charge in [-0.15, -0.1) is 0 Å². The number of piperazine rings is 1. The highest BCUT2D eigenvalue weighted by Gasteiger charge is 2.24. The van der Waals surface area contributed by atoms with E-state index < -0.39 is 10.0 Å². The van der Waals surface area contributed by atoms with E-state index in [9.17, 15) is 13.2 Å². The molecule has 0 saturated carbocycles. The second kappa shape index (κ2) is 8.63. The van der Waals surface area contributed by atoms with Crippen LogP contribution in [0.1, 0.15) is 11.1 Å². The van der Waals surface area contributed by atoms with Gasteiger partial charge in [-0.2, -0.15) is 16.6 Å². The number of nitrogens with one attached hydrogen (secondary N) is 1. The van der Waals surface area contributed by atoms with Gasteiger partial charge in [-0.1, -0.05) is 12.1 Å². The van der Waals surface area contributed by atoms with Crippen molar-refractivity contribution in [2.75, 3.05) is 32.7 Å². The zero-order valence-corrected chi connectivity index (χ0v) is 16.3. The molecule has 3 rings (SSSR count). The number of amides is 1. The van der Waals surface area contributed by atoms with Crippen LogP contribution in [-0.4, -0.2) is 56.8 Å². The maximum atomic E-state index is 12.4. The number of nitrogens with zero attached hydrogens (tertiary/aromatic N) is 3. The fraction of sp³-hybridized carbons (Fsp3) is 0.333. The van der Waals surface area contributed by atoms with E-state index in [2.05, 4.69) is 21.1 Å². The van der Waals surface area contributed by atoms with E-state index in [0.29, 0.717) is 13.1 Å². The summed E-state index contributed by atoms with van der Waals surface area (Å²) in [6.07, 6.45) is 0. The third-order valence-corrected chi connectivity index (χ3v) is 6.61. The normalized spacial score (nSPS) is 15.4. The average Bonchev–Trinajstić information content (AvgIpc) is 3.20. The van der Waals surface area contributed by atoms with Crippen LogP contribution in [0.15, 0.2) is 46.0 Å². The number of rotatable bonds is 6. The standard InChI is InChI=1S/C18H20N4O3S2/c19-11-16-3-1-2-4-17(16)27(24,25)20-12-18(23)22-8-6-21(7-9-22)13-15-5-10-26-14-15/h1-5,10,14,20H,6-9,12-13H2. The number of hydrogen-bond donors (Lipinski definition) is 1. The van der Waals surface area contributed by atoms with Crippen LogP contribution in [0.3, 0.4) is 0 Å². The first-order chi connectivity index (χ1) is 13.0. The second-order valence-electron chi connectivity index (χ2n) is 6.22. The smallest absolute Gasteiger partial charge is 0.242 e. The van der Waals surface area contributed by atoms with E-state index in [1.807, 2.05) is 11.4 Å². The number of thiophene rings is 1. The molecule has 0 unspecified atom stereocenters. The lowest BCUT2D eigenvalue weighted by Gasteiger charge is -2.34. The first-order valence-corrected chi connectivity index (χ1v) is 10.9. The molecule has 1 aliphatic rings. The predicted octanol–water partition coefficient (Wildman–Crippen LogP) is 1.24. The van der Waals surface area contributed by atoms with Crippen LogP contribution in [0.5, 0.6) is 0 Å². The molecular formula is C18H20N4O3S2. The maximum absolute atomic E-state index is 12.4. The van der Waals surface area contributed by atoms with Gasteiger partial charge in [-0.3, -0.25) is 9.69 Å². The minimum Gasteiger partial charge on any atom is -0.339 e. The third kappa shape index (κ3) is 4.93. The fourth-order valence-electron chi connectivity index (χ4n) is 2.94. The molecule has 1 aromatic heterocycles. The molecule has 0 bridgehead atoms. The zero-order valence-electron chi connectivity index (χ0n) is 14.7. The Morgan fingerprint density at radius 2 is 1.93 bits per heavy atom. The van der Waals surface area contributed by atoms with E-state index in [1.54, 1.807) is 28.4 Å². The van der Waals surface area contributed by atoms with Crippen LogP contribution in [0.2, 0.25) is 0 Å². The number of sulfonamides is 1. The lowest BCUT2D eigenvalue weighted by Crippen LogP contribution is -2.50. The molecule has 1 aliphatic heterocycles. The van der Waals surface area contributed by atoms with Crippen LogP contribution < -0.4 is 4.72 Å². The second-order valence-corrected chi connectivity index (χ2v) is 8.74. The summed E-state index contributed by atoms with van der Waals surface area (Å²) in [7, 11) is -3.91. The Bertz CT molecular complexity index is 928. The van der Waals surface area contributed by atoms with Gasteiger partial charge in [0.25, 0.3) is 0 Å². The third-order valence-electron chi connectivity index (χ3n) is 4.42. The quantitative estimate of drug-likeness (QED) is 0.782. The number of carbonyl (C=O) groups excluding carboxylic acids is 1. The number of benzene rings is 1. The molecule has 0 aliphatic carbocycles. The van der Waals surface area contributed by atoms with E-state index in [0.717, 1.165) is 19.6 Å². The van der Waals surface area contributed by atoms with Crippen molar-refractivity contribution in [1.29, 1.82) is 5.26 Å². The fourth-order valence-corrected chi connectivity index (χ4v) is 4.73. The molecule has 27 heavy (non-hydrogen) atoms. The molecule has 1 N–H and O–H groups in total. The van der Waals surface area contributed by atoms with E-state index in [-0.39, 0.29) is 22.9 Å². The van der Waals surface area contributed by atoms with Crippen molar-refractivity contribution in [2.24, 2.45) is 0 Å². The largest absolute Gasteiger partial charge is 0.339 e. The maximum Gasteiger partial charge on any atom is 0.242 e. The molecule has 0 radical (unpaired) electrons. The van der Waals surface area contributed by atoms with Crippen LogP contribution >= 0.6 is 11.3 Å². The van der Waals surface area contributed by atoms with Gasteiger partial charge in [-0.25, -0.2) is 13.1 Å². The number of nitriles is 1. The molecule has 1 saturated heterocycles. The Morgan fingerprint density at radius 3 is 2.59 bits per heavy atom. The van der Waals surface area contributed by atoms with E-state index >= 15 is 0 Å². The molecule has 2 heterocycles. The van der Waals surface area contributed by atoms with E-state index in [4.69, 9.17) is 5.26 Å². The molecule has 7 nitrogen and oxygen atoms in total. The molecule has 0 spiro atoms.